The van der Waals surface area contributed by atoms with Crippen molar-refractivity contribution in [2.75, 3.05) is 11.1 Å². The molecule has 0 unspecified atom stereocenters. The summed E-state index contributed by atoms with van der Waals surface area (Å²) in [5.74, 6) is -2.61. The molecular formula is C13H16F2N6. The van der Waals surface area contributed by atoms with E-state index in [9.17, 15) is 8.78 Å². The van der Waals surface area contributed by atoms with Crippen LogP contribution in [0, 0.1) is 0 Å². The molecule has 0 aliphatic heterocycles. The quantitative estimate of drug-likeness (QED) is 0.900. The summed E-state index contributed by atoms with van der Waals surface area (Å²) in [6.45, 7) is 4.61. The normalized spacial score (nSPS) is 11.7. The molecule has 0 aliphatic rings. The molecule has 8 heteroatoms. The molecule has 6 nitrogen and oxygen atoms in total. The van der Waals surface area contributed by atoms with Gasteiger partial charge in [-0.15, -0.1) is 0 Å². The number of hydrogen-bond donors (Lipinski definition) is 2. The van der Waals surface area contributed by atoms with Gasteiger partial charge in [0.15, 0.2) is 5.82 Å². The highest BCUT2D eigenvalue weighted by Crippen LogP contribution is 2.26. The van der Waals surface area contributed by atoms with Gasteiger partial charge in [0.1, 0.15) is 11.4 Å². The Morgan fingerprint density at radius 2 is 1.86 bits per heavy atom. The predicted octanol–water partition coefficient (Wildman–Crippen LogP) is 2.45. The molecular weight excluding hydrogens is 278 g/mol. The molecule has 2 aromatic heterocycles. The molecule has 0 radical (unpaired) electrons. The summed E-state index contributed by atoms with van der Waals surface area (Å²) in [6.07, 6.45) is 0. The molecule has 0 aromatic carbocycles. The Hall–Kier alpha value is -2.38. The summed E-state index contributed by atoms with van der Waals surface area (Å²) in [7, 11) is 0. The second kappa shape index (κ2) is 5.55. The number of pyridine rings is 1. The number of halogens is 2. The van der Waals surface area contributed by atoms with Crippen LogP contribution < -0.4 is 11.1 Å². The van der Waals surface area contributed by atoms with Gasteiger partial charge in [-0.3, -0.25) is 0 Å². The molecule has 2 aromatic rings. The van der Waals surface area contributed by atoms with Crippen molar-refractivity contribution in [2.45, 2.75) is 32.7 Å². The number of nitrogens with two attached hydrogens (primary N) is 1. The Balaban J connectivity index is 2.44. The van der Waals surface area contributed by atoms with Crippen LogP contribution in [-0.2, 0) is 5.92 Å². The summed E-state index contributed by atoms with van der Waals surface area (Å²) in [5.41, 5.74) is 5.49. The minimum Gasteiger partial charge on any atom is -0.368 e. The highest BCUT2D eigenvalue weighted by atomic mass is 19.3. The topological polar surface area (TPSA) is 89.6 Å². The van der Waals surface area contributed by atoms with Gasteiger partial charge in [-0.2, -0.15) is 23.7 Å². The van der Waals surface area contributed by atoms with E-state index in [1.54, 1.807) is 6.07 Å². The molecule has 112 valence electrons. The second-order valence-corrected chi connectivity index (χ2v) is 4.94. The minimum atomic E-state index is -3.03. The SMILES string of the molecule is CC(C)Nc1nc(N)nc(-c2cccc(C(C)(F)F)n2)n1. The lowest BCUT2D eigenvalue weighted by Gasteiger charge is -2.12. The lowest BCUT2D eigenvalue weighted by Crippen LogP contribution is -2.15. The molecule has 0 amide bonds. The van der Waals surface area contributed by atoms with Crippen LogP contribution in [0.15, 0.2) is 18.2 Å². The van der Waals surface area contributed by atoms with Crippen molar-refractivity contribution in [3.8, 4) is 11.5 Å². The van der Waals surface area contributed by atoms with Gasteiger partial charge < -0.3 is 11.1 Å². The maximum Gasteiger partial charge on any atom is 0.286 e. The molecule has 2 heterocycles. The number of nitrogens with one attached hydrogen (secondary N) is 1. The van der Waals surface area contributed by atoms with E-state index in [-0.39, 0.29) is 35.2 Å². The van der Waals surface area contributed by atoms with Crippen molar-refractivity contribution < 1.29 is 8.78 Å². The first kappa shape index (κ1) is 15.0. The molecule has 0 fully saturated rings. The summed E-state index contributed by atoms with van der Waals surface area (Å²) in [5, 5.41) is 2.98. The first-order valence-corrected chi connectivity index (χ1v) is 6.39. The Labute approximate surface area is 120 Å². The van der Waals surface area contributed by atoms with E-state index in [0.29, 0.717) is 0 Å². The van der Waals surface area contributed by atoms with Gasteiger partial charge in [0.05, 0.1) is 0 Å². The van der Waals surface area contributed by atoms with E-state index < -0.39 is 5.92 Å². The highest BCUT2D eigenvalue weighted by molar-refractivity contribution is 5.53. The highest BCUT2D eigenvalue weighted by Gasteiger charge is 2.26. The van der Waals surface area contributed by atoms with Crippen LogP contribution in [0.4, 0.5) is 20.7 Å². The van der Waals surface area contributed by atoms with Crippen LogP contribution in [-0.4, -0.2) is 26.0 Å². The summed E-state index contributed by atoms with van der Waals surface area (Å²) < 4.78 is 26.7. The van der Waals surface area contributed by atoms with Gasteiger partial charge in [0, 0.05) is 13.0 Å². The number of nitrogens with zero attached hydrogens (tertiary/aromatic N) is 4. The maximum atomic E-state index is 13.3. The molecule has 0 bridgehead atoms. The number of alkyl halides is 2. The smallest absolute Gasteiger partial charge is 0.286 e. The molecule has 0 atom stereocenters. The lowest BCUT2D eigenvalue weighted by molar-refractivity contribution is 0.0129. The Bertz CT molecular complexity index is 639. The van der Waals surface area contributed by atoms with E-state index in [1.165, 1.54) is 12.1 Å². The zero-order chi connectivity index (χ0) is 15.6. The van der Waals surface area contributed by atoms with E-state index in [2.05, 4.69) is 25.3 Å². The molecule has 21 heavy (non-hydrogen) atoms. The lowest BCUT2D eigenvalue weighted by atomic mass is 10.2. The van der Waals surface area contributed by atoms with Gasteiger partial charge in [-0.25, -0.2) is 4.98 Å². The average Bonchev–Trinajstić information content (AvgIpc) is 2.36. The van der Waals surface area contributed by atoms with Crippen molar-refractivity contribution >= 4 is 11.9 Å². The zero-order valence-electron chi connectivity index (χ0n) is 11.9. The molecule has 3 N–H and O–H groups in total. The van der Waals surface area contributed by atoms with E-state index in [4.69, 9.17) is 5.73 Å². The van der Waals surface area contributed by atoms with Gasteiger partial charge in [0.25, 0.3) is 5.92 Å². The Morgan fingerprint density at radius 3 is 2.48 bits per heavy atom. The maximum absolute atomic E-state index is 13.3. The van der Waals surface area contributed by atoms with Gasteiger partial charge in [-0.05, 0) is 26.0 Å². The van der Waals surface area contributed by atoms with Crippen LogP contribution in [0.3, 0.4) is 0 Å². The third-order valence-electron chi connectivity index (χ3n) is 2.50. The molecule has 0 aliphatic carbocycles. The predicted molar refractivity (Wildman–Crippen MR) is 75.8 cm³/mol. The van der Waals surface area contributed by atoms with Gasteiger partial charge >= 0.3 is 0 Å². The minimum absolute atomic E-state index is 0.00129. The van der Waals surface area contributed by atoms with Crippen molar-refractivity contribution in [3.05, 3.63) is 23.9 Å². The third-order valence-corrected chi connectivity index (χ3v) is 2.50. The summed E-state index contributed by atoms with van der Waals surface area (Å²) >= 11 is 0. The van der Waals surface area contributed by atoms with E-state index >= 15 is 0 Å². The number of hydrogen-bond acceptors (Lipinski definition) is 6. The van der Waals surface area contributed by atoms with Crippen molar-refractivity contribution in [2.24, 2.45) is 0 Å². The van der Waals surface area contributed by atoms with Crippen LogP contribution in [0.2, 0.25) is 0 Å². The molecule has 0 saturated heterocycles. The average molecular weight is 294 g/mol. The Morgan fingerprint density at radius 1 is 1.14 bits per heavy atom. The molecule has 2 rings (SSSR count). The molecule has 0 spiro atoms. The van der Waals surface area contributed by atoms with Crippen molar-refractivity contribution in [1.82, 2.24) is 19.9 Å². The van der Waals surface area contributed by atoms with Crippen molar-refractivity contribution in [3.63, 3.8) is 0 Å². The van der Waals surface area contributed by atoms with Gasteiger partial charge in [0.2, 0.25) is 11.9 Å². The number of anilines is 2. The summed E-state index contributed by atoms with van der Waals surface area (Å²) in [6, 6.07) is 4.37. The standard InChI is InChI=1S/C13H16F2N6/c1-7(2)17-12-20-10(19-11(16)21-12)8-5-4-6-9(18-8)13(3,14)15/h4-7H,1-3H3,(H3,16,17,19,20,21). The number of nitrogen functional groups attached to an aromatic ring is 1. The van der Waals surface area contributed by atoms with Crippen LogP contribution in [0.1, 0.15) is 26.5 Å². The third kappa shape index (κ3) is 3.80. The largest absolute Gasteiger partial charge is 0.368 e. The van der Waals surface area contributed by atoms with Crippen LogP contribution in [0.5, 0.6) is 0 Å². The first-order valence-electron chi connectivity index (χ1n) is 6.39. The fourth-order valence-electron chi connectivity index (χ4n) is 1.63. The fraction of sp³-hybridized carbons (Fsp3) is 0.385. The van der Waals surface area contributed by atoms with Gasteiger partial charge in [-0.1, -0.05) is 6.07 Å². The van der Waals surface area contributed by atoms with Crippen LogP contribution >= 0.6 is 0 Å². The zero-order valence-corrected chi connectivity index (χ0v) is 11.9. The van der Waals surface area contributed by atoms with E-state index in [1.807, 2.05) is 13.8 Å². The number of rotatable bonds is 4. The number of aromatic nitrogens is 4. The summed E-state index contributed by atoms with van der Waals surface area (Å²) in [4.78, 5) is 15.9. The fourth-order valence-corrected chi connectivity index (χ4v) is 1.63. The van der Waals surface area contributed by atoms with E-state index in [0.717, 1.165) is 6.92 Å². The monoisotopic (exact) mass is 294 g/mol. The van der Waals surface area contributed by atoms with Crippen molar-refractivity contribution in [1.29, 1.82) is 0 Å². The molecule has 0 saturated carbocycles. The van der Waals surface area contributed by atoms with Crippen LogP contribution in [0.25, 0.3) is 11.5 Å². The first-order chi connectivity index (χ1) is 9.75. The Kier molecular flexibility index (Phi) is 3.97. The second-order valence-electron chi connectivity index (χ2n) is 4.94.